The summed E-state index contributed by atoms with van der Waals surface area (Å²) in [5, 5.41) is 15.7. The minimum atomic E-state index is -3.59. The lowest BCUT2D eigenvalue weighted by atomic mass is 9.88. The number of sulfone groups is 1. The highest BCUT2D eigenvalue weighted by Crippen LogP contribution is 2.37. The molecule has 1 spiro atoms. The SMILES string of the molecule is CS(=O)(=O)Cc1cccc(OC[C@H](O)CNC2COC3(CCN(S(=O)(=O)c4ccc5ccccc5c4)CC3)C2)c1. The van der Waals surface area contributed by atoms with Crippen LogP contribution in [0.3, 0.4) is 0 Å². The Bertz CT molecular complexity index is 1550. The van der Waals surface area contributed by atoms with Crippen molar-refractivity contribution in [3.63, 3.8) is 0 Å². The fraction of sp³-hybridized carbons (Fsp3) is 0.448. The summed E-state index contributed by atoms with van der Waals surface area (Å²) in [5.41, 5.74) is 0.270. The molecule has 2 aliphatic heterocycles. The molecule has 2 aliphatic rings. The van der Waals surface area contributed by atoms with Crippen LogP contribution < -0.4 is 10.1 Å². The number of sulfonamides is 1. The van der Waals surface area contributed by atoms with Gasteiger partial charge in [-0.05, 0) is 59.9 Å². The summed E-state index contributed by atoms with van der Waals surface area (Å²) in [6.07, 6.45) is 2.41. The van der Waals surface area contributed by atoms with E-state index in [4.69, 9.17) is 9.47 Å². The van der Waals surface area contributed by atoms with Crippen molar-refractivity contribution in [1.82, 2.24) is 9.62 Å². The van der Waals surface area contributed by atoms with E-state index in [0.717, 1.165) is 17.2 Å². The van der Waals surface area contributed by atoms with Gasteiger partial charge in [0.15, 0.2) is 9.84 Å². The quantitative estimate of drug-likeness (QED) is 0.371. The Kier molecular flexibility index (Phi) is 8.51. The van der Waals surface area contributed by atoms with Gasteiger partial charge in [0.1, 0.15) is 18.5 Å². The topological polar surface area (TPSA) is 122 Å². The first-order chi connectivity index (χ1) is 19.0. The molecular formula is C29H36N2O7S2. The second-order valence-corrected chi connectivity index (χ2v) is 15.0. The van der Waals surface area contributed by atoms with Gasteiger partial charge in [-0.25, -0.2) is 16.8 Å². The summed E-state index contributed by atoms with van der Waals surface area (Å²) < 4.78 is 63.1. The summed E-state index contributed by atoms with van der Waals surface area (Å²) in [6, 6.07) is 19.9. The predicted octanol–water partition coefficient (Wildman–Crippen LogP) is 2.73. The maximum atomic E-state index is 13.3. The van der Waals surface area contributed by atoms with Gasteiger partial charge in [-0.2, -0.15) is 4.31 Å². The Labute approximate surface area is 236 Å². The Morgan fingerprint density at radius 1 is 1.02 bits per heavy atom. The third-order valence-corrected chi connectivity index (χ3v) is 10.4. The van der Waals surface area contributed by atoms with Crippen LogP contribution in [0.4, 0.5) is 0 Å². The first kappa shape index (κ1) is 29.0. The van der Waals surface area contributed by atoms with Gasteiger partial charge in [-0.3, -0.25) is 0 Å². The van der Waals surface area contributed by atoms with Crippen molar-refractivity contribution in [3.8, 4) is 5.75 Å². The van der Waals surface area contributed by atoms with Gasteiger partial charge in [0, 0.05) is 31.9 Å². The molecule has 11 heteroatoms. The van der Waals surface area contributed by atoms with E-state index in [9.17, 15) is 21.9 Å². The first-order valence-electron chi connectivity index (χ1n) is 13.5. The number of aliphatic hydroxyl groups is 1. The molecule has 2 fully saturated rings. The van der Waals surface area contributed by atoms with E-state index < -0.39 is 26.0 Å². The summed E-state index contributed by atoms with van der Waals surface area (Å²) in [5.74, 6) is 0.443. The normalized spacial score (nSPS) is 20.6. The zero-order valence-electron chi connectivity index (χ0n) is 22.5. The molecule has 216 valence electrons. The number of nitrogens with one attached hydrogen (secondary N) is 1. The van der Waals surface area contributed by atoms with Crippen molar-refractivity contribution in [2.45, 2.75) is 47.7 Å². The number of ether oxygens (including phenoxy) is 2. The van der Waals surface area contributed by atoms with Crippen molar-refractivity contribution >= 4 is 30.6 Å². The van der Waals surface area contributed by atoms with Crippen LogP contribution in [0.15, 0.2) is 71.6 Å². The molecule has 0 radical (unpaired) electrons. The highest BCUT2D eigenvalue weighted by molar-refractivity contribution is 7.90. The van der Waals surface area contributed by atoms with Crippen LogP contribution in [0.25, 0.3) is 10.8 Å². The summed E-state index contributed by atoms with van der Waals surface area (Å²) in [6.45, 7) is 1.68. The first-order valence-corrected chi connectivity index (χ1v) is 17.0. The van der Waals surface area contributed by atoms with Gasteiger partial charge < -0.3 is 19.9 Å². The number of nitrogens with zero attached hydrogens (tertiary/aromatic N) is 1. The molecule has 1 unspecified atom stereocenters. The van der Waals surface area contributed by atoms with Crippen LogP contribution in [-0.4, -0.2) is 83.1 Å². The van der Waals surface area contributed by atoms with Crippen molar-refractivity contribution in [1.29, 1.82) is 0 Å². The lowest BCUT2D eigenvalue weighted by Gasteiger charge is -2.38. The van der Waals surface area contributed by atoms with Crippen LogP contribution in [0.2, 0.25) is 0 Å². The Balaban J connectivity index is 1.08. The van der Waals surface area contributed by atoms with Gasteiger partial charge in [-0.1, -0.05) is 42.5 Å². The van der Waals surface area contributed by atoms with Crippen LogP contribution >= 0.6 is 0 Å². The van der Waals surface area contributed by atoms with Gasteiger partial charge in [-0.15, -0.1) is 0 Å². The lowest BCUT2D eigenvalue weighted by molar-refractivity contribution is -0.0312. The average molecular weight is 589 g/mol. The molecule has 9 nitrogen and oxygen atoms in total. The van der Waals surface area contributed by atoms with E-state index >= 15 is 0 Å². The van der Waals surface area contributed by atoms with E-state index in [1.807, 2.05) is 30.3 Å². The second kappa shape index (κ2) is 11.8. The average Bonchev–Trinajstić information content (AvgIpc) is 3.32. The highest BCUT2D eigenvalue weighted by atomic mass is 32.2. The molecule has 0 saturated carbocycles. The zero-order chi connectivity index (χ0) is 28.4. The molecule has 40 heavy (non-hydrogen) atoms. The maximum Gasteiger partial charge on any atom is 0.243 e. The van der Waals surface area contributed by atoms with E-state index in [1.54, 1.807) is 40.7 Å². The highest BCUT2D eigenvalue weighted by Gasteiger charge is 2.44. The van der Waals surface area contributed by atoms with Gasteiger partial charge >= 0.3 is 0 Å². The minimum absolute atomic E-state index is 0.0522. The molecule has 0 bridgehead atoms. The summed E-state index contributed by atoms with van der Waals surface area (Å²) >= 11 is 0. The number of rotatable bonds is 10. The third-order valence-electron chi connectivity index (χ3n) is 7.61. The van der Waals surface area contributed by atoms with Crippen molar-refractivity contribution in [2.24, 2.45) is 0 Å². The van der Waals surface area contributed by atoms with Crippen LogP contribution in [0.5, 0.6) is 5.75 Å². The number of piperidine rings is 1. The number of aliphatic hydroxyl groups excluding tert-OH is 1. The monoisotopic (exact) mass is 588 g/mol. The van der Waals surface area contributed by atoms with Gasteiger partial charge in [0.25, 0.3) is 0 Å². The molecule has 2 saturated heterocycles. The lowest BCUT2D eigenvalue weighted by Crippen LogP contribution is -2.47. The smallest absolute Gasteiger partial charge is 0.243 e. The Hall–Kier alpha value is -2.54. The minimum Gasteiger partial charge on any atom is -0.491 e. The van der Waals surface area contributed by atoms with E-state index in [0.29, 0.717) is 55.3 Å². The molecule has 0 aliphatic carbocycles. The molecule has 2 heterocycles. The zero-order valence-corrected chi connectivity index (χ0v) is 24.2. The Morgan fingerprint density at radius 3 is 2.52 bits per heavy atom. The summed E-state index contributed by atoms with van der Waals surface area (Å²) in [7, 11) is -6.74. The fourth-order valence-corrected chi connectivity index (χ4v) is 7.78. The summed E-state index contributed by atoms with van der Waals surface area (Å²) in [4.78, 5) is 0.312. The molecule has 0 amide bonds. The van der Waals surface area contributed by atoms with Crippen LogP contribution in [-0.2, 0) is 30.4 Å². The molecular weight excluding hydrogens is 552 g/mol. The number of hydrogen-bond donors (Lipinski definition) is 2. The fourth-order valence-electron chi connectivity index (χ4n) is 5.52. The third kappa shape index (κ3) is 7.02. The van der Waals surface area contributed by atoms with E-state index in [-0.39, 0.29) is 24.0 Å². The number of hydrogen-bond acceptors (Lipinski definition) is 8. The number of fused-ring (bicyclic) bond motifs is 1. The van der Waals surface area contributed by atoms with E-state index in [1.165, 1.54) is 6.26 Å². The van der Waals surface area contributed by atoms with Gasteiger partial charge in [0.2, 0.25) is 10.0 Å². The van der Waals surface area contributed by atoms with Gasteiger partial charge in [0.05, 0.1) is 22.9 Å². The maximum absolute atomic E-state index is 13.3. The predicted molar refractivity (Wildman–Crippen MR) is 154 cm³/mol. The van der Waals surface area contributed by atoms with Crippen molar-refractivity contribution < 1.29 is 31.4 Å². The second-order valence-electron chi connectivity index (χ2n) is 10.9. The molecule has 2 atom stereocenters. The van der Waals surface area contributed by atoms with Crippen LogP contribution in [0.1, 0.15) is 24.8 Å². The Morgan fingerprint density at radius 2 is 1.77 bits per heavy atom. The standard InChI is InChI=1S/C29H36N2O7S2/c1-39(33,34)21-22-5-4-8-27(15-22)37-20-26(32)18-30-25-17-29(38-19-25)11-13-31(14-12-29)40(35,36)28-10-9-23-6-2-3-7-24(23)16-28/h2-10,15-16,25-26,30,32H,11-14,17-21H2,1H3/t25?,26-/m1/s1. The molecule has 2 N–H and O–H groups in total. The molecule has 3 aromatic carbocycles. The van der Waals surface area contributed by atoms with Crippen molar-refractivity contribution in [2.75, 3.05) is 39.1 Å². The largest absolute Gasteiger partial charge is 0.491 e. The van der Waals surface area contributed by atoms with Crippen LogP contribution in [0, 0.1) is 0 Å². The van der Waals surface area contributed by atoms with E-state index in [2.05, 4.69) is 5.32 Å². The molecule has 3 aromatic rings. The number of benzene rings is 3. The molecule has 5 rings (SSSR count). The molecule has 0 aromatic heterocycles. The van der Waals surface area contributed by atoms with Crippen molar-refractivity contribution in [3.05, 3.63) is 72.3 Å².